The molecule has 0 amide bonds. The molecule has 0 aliphatic heterocycles. The molecule has 0 bridgehead atoms. The third-order valence-corrected chi connectivity index (χ3v) is 3.81. The van der Waals surface area contributed by atoms with Crippen LogP contribution in [0, 0.1) is 0 Å². The Balaban J connectivity index is 1.85. The second kappa shape index (κ2) is 7.85. The smallest absolute Gasteiger partial charge is 0.422 e. The Kier molecular flexibility index (Phi) is 5.64. The van der Waals surface area contributed by atoms with Crippen LogP contribution in [0.3, 0.4) is 0 Å². The molecule has 1 aliphatic carbocycles. The summed E-state index contributed by atoms with van der Waals surface area (Å²) in [5.74, 6) is -1.04. The minimum Gasteiger partial charge on any atom is -0.468 e. The Bertz CT molecular complexity index is 963. The number of allylic oxidation sites excluding steroid dienone is 3. The Labute approximate surface area is 161 Å². The van der Waals surface area contributed by atoms with Gasteiger partial charge in [0.15, 0.2) is 12.3 Å². The van der Waals surface area contributed by atoms with Crippen molar-refractivity contribution in [1.29, 1.82) is 0 Å². The van der Waals surface area contributed by atoms with Gasteiger partial charge in [-0.05, 0) is 32.1 Å². The van der Waals surface area contributed by atoms with Crippen LogP contribution in [-0.2, 0) is 15.6 Å². The van der Waals surface area contributed by atoms with Crippen LogP contribution >= 0.6 is 0 Å². The van der Waals surface area contributed by atoms with Gasteiger partial charge >= 0.3 is 12.3 Å². The minimum absolute atomic E-state index is 0.0909. The van der Waals surface area contributed by atoms with Crippen molar-refractivity contribution in [2.45, 2.75) is 38.2 Å². The zero-order chi connectivity index (χ0) is 21.2. The first-order chi connectivity index (χ1) is 13.6. The highest BCUT2D eigenvalue weighted by Gasteiger charge is 2.44. The predicted molar refractivity (Wildman–Crippen MR) is 92.1 cm³/mol. The average Bonchev–Trinajstić information content (AvgIpc) is 3.33. The van der Waals surface area contributed by atoms with Gasteiger partial charge in [0.05, 0.1) is 18.0 Å². The molecule has 29 heavy (non-hydrogen) atoms. The second-order valence-corrected chi connectivity index (χ2v) is 6.27. The Morgan fingerprint density at radius 3 is 2.62 bits per heavy atom. The lowest BCUT2D eigenvalue weighted by atomic mass is 10.2. The molecule has 156 valence electrons. The van der Waals surface area contributed by atoms with E-state index in [4.69, 9.17) is 4.74 Å². The van der Waals surface area contributed by atoms with Gasteiger partial charge in [-0.3, -0.25) is 9.38 Å². The molecular weight excluding hydrogens is 401 g/mol. The van der Waals surface area contributed by atoms with Crippen LogP contribution in [-0.4, -0.2) is 45.2 Å². The van der Waals surface area contributed by atoms with Crippen LogP contribution in [0.15, 0.2) is 35.4 Å². The van der Waals surface area contributed by atoms with Gasteiger partial charge < -0.3 is 9.47 Å². The van der Waals surface area contributed by atoms with E-state index in [-0.39, 0.29) is 17.2 Å². The number of hydrogen-bond donors (Lipinski definition) is 0. The van der Waals surface area contributed by atoms with Crippen molar-refractivity contribution < 1.29 is 31.4 Å². The molecular formula is C17H16F5N5O2. The number of fused-ring (bicyclic) bond motifs is 1. The highest BCUT2D eigenvalue weighted by atomic mass is 19.4. The fraction of sp³-hybridized carbons (Fsp3) is 0.412. The standard InChI is InChI=1S/C17H16F5N5O2/c1-10(3-6-14(23-2)28-9-16(18,19)20)12-8-27-13(7-24-12)25-26-15(27)17(21,22)29-11-4-5-11/h3,6-8,11H,2,4-5,9H2,1H3/b10-3+,14-6+. The van der Waals surface area contributed by atoms with E-state index in [1.54, 1.807) is 6.92 Å². The van der Waals surface area contributed by atoms with E-state index in [1.807, 2.05) is 0 Å². The number of alkyl halides is 5. The van der Waals surface area contributed by atoms with Crippen molar-refractivity contribution in [3.8, 4) is 0 Å². The number of halogens is 5. The summed E-state index contributed by atoms with van der Waals surface area (Å²) in [6.07, 6.45) is -2.47. The highest BCUT2D eigenvalue weighted by molar-refractivity contribution is 5.62. The average molecular weight is 417 g/mol. The minimum atomic E-state index is -4.52. The topological polar surface area (TPSA) is 73.9 Å². The van der Waals surface area contributed by atoms with E-state index in [9.17, 15) is 22.0 Å². The number of aromatic nitrogens is 4. The maximum Gasteiger partial charge on any atom is 0.422 e. The first kappa shape index (κ1) is 20.8. The largest absolute Gasteiger partial charge is 0.468 e. The second-order valence-electron chi connectivity index (χ2n) is 6.27. The van der Waals surface area contributed by atoms with Crippen molar-refractivity contribution in [2.75, 3.05) is 6.61 Å². The number of rotatable bonds is 8. The zero-order valence-electron chi connectivity index (χ0n) is 15.2. The van der Waals surface area contributed by atoms with Crippen LogP contribution in [0.5, 0.6) is 0 Å². The molecule has 1 fully saturated rings. The summed E-state index contributed by atoms with van der Waals surface area (Å²) in [7, 11) is 0. The van der Waals surface area contributed by atoms with Gasteiger partial charge in [-0.15, -0.1) is 10.2 Å². The molecule has 1 saturated carbocycles. The maximum atomic E-state index is 14.3. The molecule has 0 saturated heterocycles. The molecule has 0 unspecified atom stereocenters. The van der Waals surface area contributed by atoms with E-state index in [1.165, 1.54) is 18.5 Å². The fourth-order valence-electron chi connectivity index (χ4n) is 2.24. The first-order valence-corrected chi connectivity index (χ1v) is 8.41. The van der Waals surface area contributed by atoms with E-state index >= 15 is 0 Å². The van der Waals surface area contributed by atoms with Gasteiger partial charge in [0.25, 0.3) is 0 Å². The third-order valence-electron chi connectivity index (χ3n) is 3.81. The number of hydrogen-bond acceptors (Lipinski definition) is 6. The first-order valence-electron chi connectivity index (χ1n) is 8.41. The van der Waals surface area contributed by atoms with Crippen LogP contribution in [0.1, 0.15) is 31.3 Å². The zero-order valence-corrected chi connectivity index (χ0v) is 15.2. The lowest BCUT2D eigenvalue weighted by Gasteiger charge is -2.14. The van der Waals surface area contributed by atoms with Gasteiger partial charge in [-0.25, -0.2) is 4.99 Å². The van der Waals surface area contributed by atoms with E-state index in [0.717, 1.165) is 10.5 Å². The fourth-order valence-corrected chi connectivity index (χ4v) is 2.24. The van der Waals surface area contributed by atoms with Gasteiger partial charge in [0.1, 0.15) is 0 Å². The van der Waals surface area contributed by atoms with Gasteiger partial charge in [0, 0.05) is 12.3 Å². The summed E-state index contributed by atoms with van der Waals surface area (Å²) in [5, 5.41) is 7.16. The van der Waals surface area contributed by atoms with Crippen LogP contribution in [0.4, 0.5) is 22.0 Å². The lowest BCUT2D eigenvalue weighted by molar-refractivity contribution is -0.261. The lowest BCUT2D eigenvalue weighted by Crippen LogP contribution is -2.23. The quantitative estimate of drug-likeness (QED) is 0.282. The summed E-state index contributed by atoms with van der Waals surface area (Å²) >= 11 is 0. The van der Waals surface area contributed by atoms with Gasteiger partial charge in [-0.2, -0.15) is 22.0 Å². The summed E-state index contributed by atoms with van der Waals surface area (Å²) in [4.78, 5) is 7.45. The number of ether oxygens (including phenoxy) is 2. The summed E-state index contributed by atoms with van der Waals surface area (Å²) < 4.78 is 75.6. The van der Waals surface area contributed by atoms with Gasteiger partial charge in [-0.1, -0.05) is 6.08 Å². The van der Waals surface area contributed by atoms with E-state index in [0.29, 0.717) is 18.4 Å². The molecule has 0 radical (unpaired) electrons. The summed E-state index contributed by atoms with van der Waals surface area (Å²) in [6.45, 7) is 3.20. The molecule has 0 spiro atoms. The van der Waals surface area contributed by atoms with Crippen molar-refractivity contribution in [3.63, 3.8) is 0 Å². The van der Waals surface area contributed by atoms with Crippen LogP contribution < -0.4 is 0 Å². The Hall–Kier alpha value is -2.89. The third kappa shape index (κ3) is 5.34. The predicted octanol–water partition coefficient (Wildman–Crippen LogP) is 3.88. The Morgan fingerprint density at radius 2 is 2.00 bits per heavy atom. The van der Waals surface area contributed by atoms with Crippen molar-refractivity contribution in [1.82, 2.24) is 19.6 Å². The normalized spacial score (nSPS) is 16.3. The van der Waals surface area contributed by atoms with Crippen LogP contribution in [0.25, 0.3) is 11.2 Å². The number of aliphatic imine (C=N–C) groups is 1. The van der Waals surface area contributed by atoms with Crippen molar-refractivity contribution >= 4 is 17.9 Å². The molecule has 3 rings (SSSR count). The Morgan fingerprint density at radius 1 is 1.28 bits per heavy atom. The van der Waals surface area contributed by atoms with Crippen molar-refractivity contribution in [3.05, 3.63) is 41.9 Å². The molecule has 7 nitrogen and oxygen atoms in total. The molecule has 0 atom stereocenters. The number of nitrogens with zero attached hydrogens (tertiary/aromatic N) is 5. The van der Waals surface area contributed by atoms with E-state index in [2.05, 4.69) is 31.6 Å². The maximum absolute atomic E-state index is 14.3. The van der Waals surface area contributed by atoms with E-state index < -0.39 is 30.8 Å². The molecule has 2 aromatic heterocycles. The molecule has 0 N–H and O–H groups in total. The molecule has 1 aliphatic rings. The summed E-state index contributed by atoms with van der Waals surface area (Å²) in [5.41, 5.74) is 0.791. The molecule has 0 aromatic carbocycles. The highest BCUT2D eigenvalue weighted by Crippen LogP contribution is 2.36. The van der Waals surface area contributed by atoms with Crippen LogP contribution in [0.2, 0.25) is 0 Å². The van der Waals surface area contributed by atoms with Gasteiger partial charge in [0.2, 0.25) is 11.7 Å². The van der Waals surface area contributed by atoms with Crippen molar-refractivity contribution in [2.24, 2.45) is 4.99 Å². The molecule has 2 heterocycles. The summed E-state index contributed by atoms with van der Waals surface area (Å²) in [6, 6.07) is 0. The SMILES string of the molecule is C=N/C(=C\C=C(/C)c1cn2c(C(F)(F)OC3CC3)nnc2cn1)OCC(F)(F)F. The molecule has 2 aromatic rings. The molecule has 12 heteroatoms. The monoisotopic (exact) mass is 417 g/mol.